The third kappa shape index (κ3) is 3.00. The van der Waals surface area contributed by atoms with Crippen LogP contribution in [-0.4, -0.2) is 37.2 Å². The predicted molar refractivity (Wildman–Crippen MR) is 92.0 cm³/mol. The SMILES string of the molecule is O=C(CCc1nn2cnnc2s1)NCCc1c[nH]c2ccccc12. The number of carbonyl (C=O) groups excluding carboxylic acids is 1. The molecule has 0 bridgehead atoms. The first-order valence-electron chi connectivity index (χ1n) is 7.77. The number of fused-ring (bicyclic) bond motifs is 2. The molecule has 0 atom stereocenters. The fraction of sp³-hybridized carbons (Fsp3) is 0.250. The number of H-pyrrole nitrogens is 1. The van der Waals surface area contributed by atoms with Crippen molar-refractivity contribution in [3.63, 3.8) is 0 Å². The molecular formula is C16H16N6OS. The molecule has 3 aromatic heterocycles. The molecule has 0 saturated heterocycles. The molecule has 0 unspecified atom stereocenters. The predicted octanol–water partition coefficient (Wildman–Crippen LogP) is 1.96. The minimum Gasteiger partial charge on any atom is -0.361 e. The maximum Gasteiger partial charge on any atom is 0.234 e. The first kappa shape index (κ1) is 14.8. The molecule has 4 aromatic rings. The molecule has 0 aliphatic carbocycles. The maximum absolute atomic E-state index is 12.0. The van der Waals surface area contributed by atoms with Crippen molar-refractivity contribution < 1.29 is 4.79 Å². The smallest absolute Gasteiger partial charge is 0.234 e. The van der Waals surface area contributed by atoms with Gasteiger partial charge in [0.05, 0.1) is 0 Å². The van der Waals surface area contributed by atoms with Crippen molar-refractivity contribution in [2.75, 3.05) is 6.54 Å². The van der Waals surface area contributed by atoms with Gasteiger partial charge in [-0.1, -0.05) is 29.5 Å². The molecule has 3 heterocycles. The van der Waals surface area contributed by atoms with Gasteiger partial charge in [0.2, 0.25) is 10.9 Å². The third-order valence-electron chi connectivity index (χ3n) is 3.89. The Morgan fingerprint density at radius 3 is 3.12 bits per heavy atom. The number of hydrogen-bond acceptors (Lipinski definition) is 5. The number of amides is 1. The highest BCUT2D eigenvalue weighted by molar-refractivity contribution is 7.16. The van der Waals surface area contributed by atoms with Gasteiger partial charge in [0.25, 0.3) is 0 Å². The van der Waals surface area contributed by atoms with Gasteiger partial charge in [-0.3, -0.25) is 4.79 Å². The van der Waals surface area contributed by atoms with E-state index in [0.29, 0.717) is 19.4 Å². The highest BCUT2D eigenvalue weighted by Crippen LogP contribution is 2.17. The van der Waals surface area contributed by atoms with Gasteiger partial charge in [-0.25, -0.2) is 0 Å². The van der Waals surface area contributed by atoms with E-state index in [2.05, 4.69) is 37.7 Å². The van der Waals surface area contributed by atoms with E-state index in [1.165, 1.54) is 22.3 Å². The summed E-state index contributed by atoms with van der Waals surface area (Å²) in [6, 6.07) is 8.18. The number of nitrogens with one attached hydrogen (secondary N) is 2. The van der Waals surface area contributed by atoms with Crippen LogP contribution >= 0.6 is 11.3 Å². The summed E-state index contributed by atoms with van der Waals surface area (Å²) in [5.41, 5.74) is 2.35. The van der Waals surface area contributed by atoms with Gasteiger partial charge in [-0.05, 0) is 18.1 Å². The minimum absolute atomic E-state index is 0.0424. The average Bonchev–Trinajstić information content (AvgIpc) is 3.27. The number of aromatic nitrogens is 5. The Kier molecular flexibility index (Phi) is 3.96. The van der Waals surface area contributed by atoms with Gasteiger partial charge in [-0.2, -0.15) is 9.61 Å². The number of nitrogens with zero attached hydrogens (tertiary/aromatic N) is 4. The fourth-order valence-electron chi connectivity index (χ4n) is 2.69. The summed E-state index contributed by atoms with van der Waals surface area (Å²) in [4.78, 5) is 16.0. The summed E-state index contributed by atoms with van der Waals surface area (Å²) in [5, 5.41) is 17.1. The highest BCUT2D eigenvalue weighted by atomic mass is 32.1. The molecule has 0 radical (unpaired) electrons. The van der Waals surface area contributed by atoms with Gasteiger partial charge < -0.3 is 10.3 Å². The number of rotatable bonds is 6. The van der Waals surface area contributed by atoms with Crippen molar-refractivity contribution in [1.29, 1.82) is 0 Å². The first-order chi connectivity index (χ1) is 11.8. The van der Waals surface area contributed by atoms with Gasteiger partial charge >= 0.3 is 0 Å². The van der Waals surface area contributed by atoms with Crippen LogP contribution in [0.2, 0.25) is 0 Å². The lowest BCUT2D eigenvalue weighted by Crippen LogP contribution is -2.25. The minimum atomic E-state index is 0.0424. The van der Waals surface area contributed by atoms with Crippen LogP contribution in [0.4, 0.5) is 0 Å². The number of para-hydroxylation sites is 1. The molecule has 0 saturated carbocycles. The Hall–Kier alpha value is -2.74. The highest BCUT2D eigenvalue weighted by Gasteiger charge is 2.08. The van der Waals surface area contributed by atoms with E-state index in [0.717, 1.165) is 21.9 Å². The molecule has 8 heteroatoms. The molecule has 2 N–H and O–H groups in total. The largest absolute Gasteiger partial charge is 0.361 e. The number of benzene rings is 1. The van der Waals surface area contributed by atoms with Gasteiger partial charge in [0.15, 0.2) is 0 Å². The summed E-state index contributed by atoms with van der Waals surface area (Å²) in [6.45, 7) is 0.631. The standard InChI is InChI=1S/C16H16N6OS/c23-14(5-6-15-21-22-10-19-20-16(22)24-15)17-8-7-11-9-18-13-4-2-1-3-12(11)13/h1-4,9-10,18H,5-8H2,(H,17,23). The van der Waals surface area contributed by atoms with Crippen LogP contribution in [0.15, 0.2) is 36.8 Å². The molecular weight excluding hydrogens is 324 g/mol. The summed E-state index contributed by atoms with van der Waals surface area (Å²) < 4.78 is 1.63. The van der Waals surface area contributed by atoms with Gasteiger partial charge in [0, 0.05) is 36.5 Å². The number of carbonyl (C=O) groups is 1. The van der Waals surface area contributed by atoms with Crippen LogP contribution in [-0.2, 0) is 17.6 Å². The lowest BCUT2D eigenvalue weighted by Gasteiger charge is -2.04. The van der Waals surface area contributed by atoms with E-state index in [-0.39, 0.29) is 5.91 Å². The lowest BCUT2D eigenvalue weighted by molar-refractivity contribution is -0.121. The molecule has 0 spiro atoms. The molecule has 4 rings (SSSR count). The zero-order valence-electron chi connectivity index (χ0n) is 12.9. The summed E-state index contributed by atoms with van der Waals surface area (Å²) >= 11 is 1.46. The fourth-order valence-corrected chi connectivity index (χ4v) is 3.50. The van der Waals surface area contributed by atoms with Crippen LogP contribution in [0.5, 0.6) is 0 Å². The van der Waals surface area contributed by atoms with Crippen molar-refractivity contribution in [3.05, 3.63) is 47.4 Å². The monoisotopic (exact) mass is 340 g/mol. The van der Waals surface area contributed by atoms with E-state index >= 15 is 0 Å². The molecule has 1 aromatic carbocycles. The maximum atomic E-state index is 12.0. The van der Waals surface area contributed by atoms with Crippen LogP contribution in [0.3, 0.4) is 0 Å². The number of aryl methyl sites for hydroxylation is 1. The zero-order chi connectivity index (χ0) is 16.4. The Morgan fingerprint density at radius 1 is 1.29 bits per heavy atom. The van der Waals surface area contributed by atoms with Gasteiger partial charge in [0.1, 0.15) is 11.3 Å². The second-order valence-corrected chi connectivity index (χ2v) is 6.55. The van der Waals surface area contributed by atoms with Gasteiger partial charge in [-0.15, -0.1) is 10.2 Å². The average molecular weight is 340 g/mol. The Bertz CT molecular complexity index is 956. The van der Waals surface area contributed by atoms with Crippen molar-refractivity contribution in [2.24, 2.45) is 0 Å². The number of hydrogen-bond donors (Lipinski definition) is 2. The second-order valence-electron chi connectivity index (χ2n) is 5.51. The molecule has 0 aliphatic rings. The Morgan fingerprint density at radius 2 is 2.21 bits per heavy atom. The summed E-state index contributed by atoms with van der Waals surface area (Å²) in [6.07, 6.45) is 5.43. The van der Waals surface area contributed by atoms with E-state index < -0.39 is 0 Å². The normalized spacial score (nSPS) is 11.3. The van der Waals surface area contributed by atoms with Crippen LogP contribution in [0.25, 0.3) is 15.9 Å². The molecule has 0 aliphatic heterocycles. The molecule has 0 fully saturated rings. The quantitative estimate of drug-likeness (QED) is 0.562. The second kappa shape index (κ2) is 6.40. The molecule has 122 valence electrons. The molecule has 1 amide bonds. The van der Waals surface area contributed by atoms with Crippen LogP contribution in [0, 0.1) is 0 Å². The van der Waals surface area contributed by atoms with Crippen molar-refractivity contribution in [3.8, 4) is 0 Å². The Labute approximate surface area is 141 Å². The Balaban J connectivity index is 1.26. The first-order valence-corrected chi connectivity index (χ1v) is 8.59. The van der Waals surface area contributed by atoms with Crippen molar-refractivity contribution in [1.82, 2.24) is 30.1 Å². The van der Waals surface area contributed by atoms with Crippen molar-refractivity contribution >= 4 is 33.1 Å². The topological polar surface area (TPSA) is 88.0 Å². The van der Waals surface area contributed by atoms with Crippen LogP contribution < -0.4 is 5.32 Å². The summed E-state index contributed by atoms with van der Waals surface area (Å²) in [7, 11) is 0. The summed E-state index contributed by atoms with van der Waals surface area (Å²) in [5.74, 6) is 0.0424. The molecule has 7 nitrogen and oxygen atoms in total. The van der Waals surface area contributed by atoms with Crippen molar-refractivity contribution in [2.45, 2.75) is 19.3 Å². The van der Waals surface area contributed by atoms with E-state index in [1.807, 2.05) is 18.3 Å². The van der Waals surface area contributed by atoms with E-state index in [1.54, 1.807) is 10.8 Å². The van der Waals surface area contributed by atoms with E-state index in [4.69, 9.17) is 0 Å². The lowest BCUT2D eigenvalue weighted by atomic mass is 10.1. The third-order valence-corrected chi connectivity index (χ3v) is 4.86. The van der Waals surface area contributed by atoms with E-state index in [9.17, 15) is 4.79 Å². The van der Waals surface area contributed by atoms with Crippen LogP contribution in [0.1, 0.15) is 17.0 Å². The zero-order valence-corrected chi connectivity index (χ0v) is 13.7. The molecule has 24 heavy (non-hydrogen) atoms. The number of aromatic amines is 1.